The van der Waals surface area contributed by atoms with Crippen LogP contribution in [0.4, 0.5) is 0 Å². The molecule has 0 bridgehead atoms. The van der Waals surface area contributed by atoms with Crippen LogP contribution in [0.15, 0.2) is 29.2 Å². The Kier molecular flexibility index (Phi) is 4.37. The largest absolute Gasteiger partial charge is 0.355 e. The minimum atomic E-state index is -3.73. The van der Waals surface area contributed by atoms with E-state index in [1.165, 1.54) is 12.1 Å². The fraction of sp³-hybridized carbons (Fsp3) is 0.385. The van der Waals surface area contributed by atoms with Crippen molar-refractivity contribution in [3.8, 4) is 6.07 Å². The van der Waals surface area contributed by atoms with Crippen LogP contribution in [0.3, 0.4) is 0 Å². The molecule has 2 N–H and O–H groups in total. The molecule has 2 rings (SSSR count). The first-order valence-electron chi connectivity index (χ1n) is 6.31. The van der Waals surface area contributed by atoms with Crippen LogP contribution >= 0.6 is 0 Å². The third-order valence-electron chi connectivity index (χ3n) is 2.96. The van der Waals surface area contributed by atoms with Crippen molar-refractivity contribution in [1.82, 2.24) is 10.0 Å². The lowest BCUT2D eigenvalue weighted by atomic mass is 10.2. The third-order valence-corrected chi connectivity index (χ3v) is 4.48. The Balaban J connectivity index is 1.90. The number of rotatable bonds is 6. The lowest BCUT2D eigenvalue weighted by molar-refractivity contribution is -0.122. The van der Waals surface area contributed by atoms with Gasteiger partial charge in [0.05, 0.1) is 10.5 Å². The molecule has 0 aliphatic heterocycles. The zero-order valence-corrected chi connectivity index (χ0v) is 11.6. The molecule has 0 radical (unpaired) electrons. The first-order chi connectivity index (χ1) is 9.54. The summed E-state index contributed by atoms with van der Waals surface area (Å²) < 4.78 is 26.4. The van der Waals surface area contributed by atoms with Crippen molar-refractivity contribution in [3.05, 3.63) is 29.8 Å². The summed E-state index contributed by atoms with van der Waals surface area (Å²) in [6, 6.07) is 7.84. The highest BCUT2D eigenvalue weighted by atomic mass is 32.2. The number of carbonyl (C=O) groups excluding carboxylic acids is 1. The Bertz CT molecular complexity index is 645. The summed E-state index contributed by atoms with van der Waals surface area (Å²) in [5.41, 5.74) is 0.0991. The van der Waals surface area contributed by atoms with Crippen LogP contribution in [0, 0.1) is 17.2 Å². The average Bonchev–Trinajstić information content (AvgIpc) is 3.28. The molecular weight excluding hydrogens is 278 g/mol. The van der Waals surface area contributed by atoms with Gasteiger partial charge in [-0.3, -0.25) is 4.79 Å². The summed E-state index contributed by atoms with van der Waals surface area (Å²) in [5, 5.41) is 11.6. The number of hydrogen-bond acceptors (Lipinski definition) is 4. The Morgan fingerprint density at radius 2 is 2.00 bits per heavy atom. The molecule has 6 nitrogen and oxygen atoms in total. The van der Waals surface area contributed by atoms with Gasteiger partial charge in [-0.15, -0.1) is 0 Å². The van der Waals surface area contributed by atoms with Crippen molar-refractivity contribution in [1.29, 1.82) is 5.26 Å². The van der Waals surface area contributed by atoms with Gasteiger partial charge in [0.15, 0.2) is 0 Å². The molecular formula is C13H15N3O3S. The molecule has 7 heteroatoms. The lowest BCUT2D eigenvalue weighted by Crippen LogP contribution is -2.35. The molecule has 20 heavy (non-hydrogen) atoms. The molecule has 1 aromatic rings. The first kappa shape index (κ1) is 14.5. The highest BCUT2D eigenvalue weighted by Crippen LogP contribution is 2.28. The van der Waals surface area contributed by atoms with E-state index in [1.807, 2.05) is 6.07 Å². The summed E-state index contributed by atoms with van der Waals surface area (Å²) in [6.45, 7) is 0.337. The van der Waals surface area contributed by atoms with E-state index in [4.69, 9.17) is 5.26 Å². The minimum Gasteiger partial charge on any atom is -0.355 e. The van der Waals surface area contributed by atoms with Gasteiger partial charge in [0, 0.05) is 19.0 Å². The summed E-state index contributed by atoms with van der Waals surface area (Å²) in [5.74, 6) is 0.0764. The highest BCUT2D eigenvalue weighted by molar-refractivity contribution is 7.89. The quantitative estimate of drug-likeness (QED) is 0.740. The summed E-state index contributed by atoms with van der Waals surface area (Å²) >= 11 is 0. The molecule has 1 amide bonds. The third kappa shape index (κ3) is 3.56. The number of benzene rings is 1. The van der Waals surface area contributed by atoms with Crippen molar-refractivity contribution in [3.63, 3.8) is 0 Å². The maximum atomic E-state index is 12.0. The van der Waals surface area contributed by atoms with Crippen molar-refractivity contribution in [2.24, 2.45) is 5.92 Å². The van der Waals surface area contributed by atoms with E-state index < -0.39 is 10.0 Å². The molecule has 0 spiro atoms. The van der Waals surface area contributed by atoms with Gasteiger partial charge in [-0.2, -0.15) is 5.26 Å². The highest BCUT2D eigenvalue weighted by Gasteiger charge is 2.29. The smallest absolute Gasteiger partial charge is 0.241 e. The molecule has 0 unspecified atom stereocenters. The summed E-state index contributed by atoms with van der Waals surface area (Å²) in [7, 11) is -3.73. The van der Waals surface area contributed by atoms with Crippen LogP contribution in [0.2, 0.25) is 0 Å². The van der Waals surface area contributed by atoms with Crippen LogP contribution in [0.1, 0.15) is 18.4 Å². The SMILES string of the molecule is N#Cc1ccccc1S(=O)(=O)NCCNC(=O)C1CC1. The van der Waals surface area contributed by atoms with E-state index in [0.29, 0.717) is 0 Å². The predicted octanol–water partition coefficient (Wildman–Crippen LogP) is 0.363. The van der Waals surface area contributed by atoms with Crippen LogP contribution in [-0.4, -0.2) is 27.4 Å². The molecule has 0 atom stereocenters. The zero-order valence-electron chi connectivity index (χ0n) is 10.8. The number of carbonyl (C=O) groups is 1. The number of amides is 1. The van der Waals surface area contributed by atoms with Crippen molar-refractivity contribution < 1.29 is 13.2 Å². The fourth-order valence-electron chi connectivity index (χ4n) is 1.73. The number of hydrogen-bond donors (Lipinski definition) is 2. The van der Waals surface area contributed by atoms with Gasteiger partial charge >= 0.3 is 0 Å². The number of sulfonamides is 1. The van der Waals surface area contributed by atoms with Gasteiger partial charge in [-0.1, -0.05) is 12.1 Å². The number of nitrogens with zero attached hydrogens (tertiary/aromatic N) is 1. The Labute approximate surface area is 117 Å². The minimum absolute atomic E-state index is 0.0263. The second kappa shape index (κ2) is 6.03. The average molecular weight is 293 g/mol. The monoisotopic (exact) mass is 293 g/mol. The molecule has 1 aromatic carbocycles. The van der Waals surface area contributed by atoms with E-state index >= 15 is 0 Å². The van der Waals surface area contributed by atoms with E-state index in [0.717, 1.165) is 12.8 Å². The van der Waals surface area contributed by atoms with Gasteiger partial charge < -0.3 is 5.32 Å². The number of nitriles is 1. The van der Waals surface area contributed by atoms with E-state index in [2.05, 4.69) is 10.0 Å². The van der Waals surface area contributed by atoms with Crippen LogP contribution in [0.5, 0.6) is 0 Å². The Hall–Kier alpha value is -1.91. The van der Waals surface area contributed by atoms with Crippen molar-refractivity contribution in [2.75, 3.05) is 13.1 Å². The molecule has 1 saturated carbocycles. The summed E-state index contributed by atoms with van der Waals surface area (Å²) in [6.07, 6.45) is 1.82. The van der Waals surface area contributed by atoms with E-state index in [1.54, 1.807) is 12.1 Å². The van der Waals surface area contributed by atoms with Gasteiger partial charge in [0.1, 0.15) is 6.07 Å². The topological polar surface area (TPSA) is 99.1 Å². The van der Waals surface area contributed by atoms with E-state index in [9.17, 15) is 13.2 Å². The second-order valence-electron chi connectivity index (χ2n) is 4.57. The predicted molar refractivity (Wildman–Crippen MR) is 72.1 cm³/mol. The van der Waals surface area contributed by atoms with Crippen LogP contribution < -0.4 is 10.0 Å². The molecule has 0 heterocycles. The van der Waals surface area contributed by atoms with Gasteiger partial charge in [0.25, 0.3) is 0 Å². The molecule has 1 aliphatic carbocycles. The maximum absolute atomic E-state index is 12.0. The normalized spacial score (nSPS) is 14.6. The van der Waals surface area contributed by atoms with Gasteiger partial charge in [0.2, 0.25) is 15.9 Å². The lowest BCUT2D eigenvalue weighted by Gasteiger charge is -2.08. The molecule has 106 valence electrons. The van der Waals surface area contributed by atoms with Gasteiger partial charge in [-0.25, -0.2) is 13.1 Å². The Morgan fingerprint density at radius 1 is 1.30 bits per heavy atom. The molecule has 0 saturated heterocycles. The van der Waals surface area contributed by atoms with Crippen molar-refractivity contribution in [2.45, 2.75) is 17.7 Å². The van der Waals surface area contributed by atoms with Crippen molar-refractivity contribution >= 4 is 15.9 Å². The first-order valence-corrected chi connectivity index (χ1v) is 7.79. The maximum Gasteiger partial charge on any atom is 0.241 e. The fourth-order valence-corrected chi connectivity index (χ4v) is 2.92. The molecule has 1 fully saturated rings. The Morgan fingerprint density at radius 3 is 2.65 bits per heavy atom. The summed E-state index contributed by atoms with van der Waals surface area (Å²) in [4.78, 5) is 11.3. The van der Waals surface area contributed by atoms with Crippen LogP contribution in [0.25, 0.3) is 0 Å². The van der Waals surface area contributed by atoms with E-state index in [-0.39, 0.29) is 35.4 Å². The van der Waals surface area contributed by atoms with Gasteiger partial charge in [-0.05, 0) is 25.0 Å². The molecule has 1 aliphatic rings. The standard InChI is InChI=1S/C13H15N3O3S/c14-9-11-3-1-2-4-12(11)20(18,19)16-8-7-15-13(17)10-5-6-10/h1-4,10,16H,5-8H2,(H,15,17). The zero-order chi connectivity index (χ0) is 14.6. The second-order valence-corrected chi connectivity index (χ2v) is 6.31. The van der Waals surface area contributed by atoms with Crippen LogP contribution in [-0.2, 0) is 14.8 Å². The molecule has 0 aromatic heterocycles. The number of nitrogens with one attached hydrogen (secondary N) is 2.